The Bertz CT molecular complexity index is 1390. The largest absolute Gasteiger partial charge is 0.352 e. The van der Waals surface area contributed by atoms with E-state index in [9.17, 15) is 22.4 Å². The molecule has 0 aromatic heterocycles. The fourth-order valence-corrected chi connectivity index (χ4v) is 6.31. The Morgan fingerprint density at radius 2 is 1.55 bits per heavy atom. The van der Waals surface area contributed by atoms with Crippen LogP contribution in [0.5, 0.6) is 0 Å². The van der Waals surface area contributed by atoms with Crippen LogP contribution in [0.3, 0.4) is 0 Å². The molecule has 1 N–H and O–H groups in total. The third-order valence-electron chi connectivity index (χ3n) is 7.32. The van der Waals surface area contributed by atoms with Crippen LogP contribution in [-0.2, 0) is 26.2 Å². The summed E-state index contributed by atoms with van der Waals surface area (Å²) in [5.41, 5.74) is 1.86. The highest BCUT2D eigenvalue weighted by Crippen LogP contribution is 2.25. The van der Waals surface area contributed by atoms with Crippen molar-refractivity contribution in [2.45, 2.75) is 69.5 Å². The summed E-state index contributed by atoms with van der Waals surface area (Å²) in [6, 6.07) is 19.7. The van der Waals surface area contributed by atoms with E-state index in [0.717, 1.165) is 42.0 Å². The molecule has 0 radical (unpaired) electrons. The lowest BCUT2D eigenvalue weighted by Crippen LogP contribution is -2.53. The summed E-state index contributed by atoms with van der Waals surface area (Å²) in [6.07, 6.45) is 5.00. The number of hydrogen-bond donors (Lipinski definition) is 1. The van der Waals surface area contributed by atoms with Crippen molar-refractivity contribution in [2.75, 3.05) is 10.8 Å². The first-order chi connectivity index (χ1) is 19.1. The smallest absolute Gasteiger partial charge is 0.264 e. The Morgan fingerprint density at radius 3 is 2.17 bits per heavy atom. The summed E-state index contributed by atoms with van der Waals surface area (Å²) in [4.78, 5) is 28.7. The number of anilines is 1. The van der Waals surface area contributed by atoms with E-state index in [1.54, 1.807) is 61.5 Å². The molecule has 7 nitrogen and oxygen atoms in total. The lowest BCUT2D eigenvalue weighted by molar-refractivity contribution is -0.139. The van der Waals surface area contributed by atoms with Crippen molar-refractivity contribution in [3.63, 3.8) is 0 Å². The second kappa shape index (κ2) is 13.1. The Hall–Kier alpha value is -3.72. The lowest BCUT2D eigenvalue weighted by Gasteiger charge is -2.33. The molecule has 0 spiro atoms. The lowest BCUT2D eigenvalue weighted by atomic mass is 9.95. The topological polar surface area (TPSA) is 86.8 Å². The maximum Gasteiger partial charge on any atom is 0.264 e. The van der Waals surface area contributed by atoms with Crippen molar-refractivity contribution in [3.8, 4) is 0 Å². The van der Waals surface area contributed by atoms with Gasteiger partial charge in [-0.25, -0.2) is 12.8 Å². The summed E-state index contributed by atoms with van der Waals surface area (Å²) in [6.45, 7) is 3.01. The molecule has 2 amide bonds. The number of carbonyl (C=O) groups excluding carboxylic acids is 2. The minimum atomic E-state index is -4.11. The molecule has 1 fully saturated rings. The van der Waals surface area contributed by atoms with Crippen LogP contribution < -0.4 is 9.62 Å². The van der Waals surface area contributed by atoms with Gasteiger partial charge in [0.2, 0.25) is 11.8 Å². The van der Waals surface area contributed by atoms with Gasteiger partial charge >= 0.3 is 0 Å². The van der Waals surface area contributed by atoms with E-state index < -0.39 is 34.3 Å². The highest BCUT2D eigenvalue weighted by molar-refractivity contribution is 7.92. The summed E-state index contributed by atoms with van der Waals surface area (Å²) < 4.78 is 42.3. The van der Waals surface area contributed by atoms with Gasteiger partial charge in [0.1, 0.15) is 18.4 Å². The molecule has 4 rings (SSSR count). The average molecular weight is 566 g/mol. The van der Waals surface area contributed by atoms with E-state index in [2.05, 4.69) is 5.32 Å². The fourth-order valence-electron chi connectivity index (χ4n) is 4.90. The molecular formula is C31H36FN3O4S. The van der Waals surface area contributed by atoms with Crippen molar-refractivity contribution in [2.24, 2.45) is 0 Å². The molecule has 1 aliphatic rings. The van der Waals surface area contributed by atoms with Crippen LogP contribution in [0.15, 0.2) is 83.8 Å². The summed E-state index contributed by atoms with van der Waals surface area (Å²) in [5, 5.41) is 3.07. The highest BCUT2D eigenvalue weighted by Gasteiger charge is 2.33. The molecular weight excluding hydrogens is 529 g/mol. The number of hydrogen-bond acceptors (Lipinski definition) is 4. The van der Waals surface area contributed by atoms with E-state index in [-0.39, 0.29) is 23.4 Å². The molecule has 9 heteroatoms. The molecule has 1 aliphatic carbocycles. The Labute approximate surface area is 236 Å². The molecule has 0 unspecified atom stereocenters. The molecule has 0 saturated heterocycles. The first-order valence-electron chi connectivity index (χ1n) is 13.6. The van der Waals surface area contributed by atoms with Crippen LogP contribution in [0.2, 0.25) is 0 Å². The van der Waals surface area contributed by atoms with E-state index >= 15 is 0 Å². The van der Waals surface area contributed by atoms with Gasteiger partial charge in [0.25, 0.3) is 10.0 Å². The number of rotatable bonds is 10. The van der Waals surface area contributed by atoms with Gasteiger partial charge in [-0.15, -0.1) is 0 Å². The molecule has 0 heterocycles. The quantitative estimate of drug-likeness (QED) is 0.366. The van der Waals surface area contributed by atoms with Crippen LogP contribution in [0, 0.1) is 12.7 Å². The van der Waals surface area contributed by atoms with Crippen molar-refractivity contribution in [3.05, 3.63) is 95.8 Å². The predicted molar refractivity (Wildman–Crippen MR) is 154 cm³/mol. The average Bonchev–Trinajstić information content (AvgIpc) is 2.96. The van der Waals surface area contributed by atoms with E-state index in [0.29, 0.717) is 11.3 Å². The maximum absolute atomic E-state index is 13.9. The zero-order chi connectivity index (χ0) is 28.7. The number of amides is 2. The number of halogens is 1. The van der Waals surface area contributed by atoms with Crippen molar-refractivity contribution in [1.82, 2.24) is 10.2 Å². The standard InChI is InChI=1S/C31H36FN3O4S/c1-23-13-19-29(20-14-23)40(38,39)35(28-11-7-4-8-12-28)22-30(36)34(21-25-15-17-26(32)18-16-25)24(2)31(37)33-27-9-5-3-6-10-27/h4,7-8,11-20,24,27H,3,5-6,9-10,21-22H2,1-2H3,(H,33,37)/t24-/m0/s1. The maximum atomic E-state index is 13.9. The SMILES string of the molecule is Cc1ccc(S(=O)(=O)N(CC(=O)N(Cc2ccc(F)cc2)[C@@H](C)C(=O)NC2CCCCC2)c2ccccc2)cc1. The number of benzene rings is 3. The van der Waals surface area contributed by atoms with Crippen molar-refractivity contribution in [1.29, 1.82) is 0 Å². The van der Waals surface area contributed by atoms with Gasteiger partial charge in [0.15, 0.2) is 0 Å². The number of nitrogens with one attached hydrogen (secondary N) is 1. The molecule has 1 saturated carbocycles. The first-order valence-corrected chi connectivity index (χ1v) is 15.1. The number of nitrogens with zero attached hydrogens (tertiary/aromatic N) is 2. The molecule has 1 atom stereocenters. The molecule has 3 aromatic carbocycles. The van der Waals surface area contributed by atoms with Crippen LogP contribution in [0.1, 0.15) is 50.2 Å². The van der Waals surface area contributed by atoms with Crippen molar-refractivity contribution >= 4 is 27.5 Å². The number of sulfonamides is 1. The zero-order valence-electron chi connectivity index (χ0n) is 22.9. The normalized spacial score (nSPS) is 14.8. The summed E-state index contributed by atoms with van der Waals surface area (Å²) in [5.74, 6) is -1.26. The van der Waals surface area contributed by atoms with E-state index in [4.69, 9.17) is 0 Å². The summed E-state index contributed by atoms with van der Waals surface area (Å²) >= 11 is 0. The third kappa shape index (κ3) is 7.27. The van der Waals surface area contributed by atoms with Gasteiger partial charge in [-0.1, -0.05) is 67.3 Å². The van der Waals surface area contributed by atoms with E-state index in [1.165, 1.54) is 29.2 Å². The van der Waals surface area contributed by atoms with Gasteiger partial charge in [-0.05, 0) is 68.7 Å². The van der Waals surface area contributed by atoms with Gasteiger partial charge in [-0.3, -0.25) is 13.9 Å². The molecule has 0 aliphatic heterocycles. The zero-order valence-corrected chi connectivity index (χ0v) is 23.7. The minimum Gasteiger partial charge on any atom is -0.352 e. The van der Waals surface area contributed by atoms with Gasteiger partial charge in [0, 0.05) is 12.6 Å². The fraction of sp³-hybridized carbons (Fsp3) is 0.355. The van der Waals surface area contributed by atoms with Crippen LogP contribution >= 0.6 is 0 Å². The minimum absolute atomic E-state index is 0.0194. The Balaban J connectivity index is 1.65. The van der Waals surface area contributed by atoms with Gasteiger partial charge in [0.05, 0.1) is 10.6 Å². The predicted octanol–water partition coefficient (Wildman–Crippen LogP) is 5.20. The second-order valence-corrected chi connectivity index (χ2v) is 12.2. The molecule has 212 valence electrons. The van der Waals surface area contributed by atoms with Gasteiger partial charge < -0.3 is 10.2 Å². The van der Waals surface area contributed by atoms with Crippen molar-refractivity contribution < 1.29 is 22.4 Å². The Kier molecular flexibility index (Phi) is 9.58. The number of aryl methyl sites for hydroxylation is 1. The van der Waals surface area contributed by atoms with Gasteiger partial charge in [-0.2, -0.15) is 0 Å². The van der Waals surface area contributed by atoms with Crippen LogP contribution in [0.25, 0.3) is 0 Å². The Morgan fingerprint density at radius 1 is 0.925 bits per heavy atom. The molecule has 0 bridgehead atoms. The molecule has 40 heavy (non-hydrogen) atoms. The molecule has 3 aromatic rings. The second-order valence-electron chi connectivity index (χ2n) is 10.3. The summed E-state index contributed by atoms with van der Waals surface area (Å²) in [7, 11) is -4.11. The van der Waals surface area contributed by atoms with Crippen LogP contribution in [0.4, 0.5) is 10.1 Å². The highest BCUT2D eigenvalue weighted by atomic mass is 32.2. The monoisotopic (exact) mass is 565 g/mol. The van der Waals surface area contributed by atoms with Crippen LogP contribution in [-0.4, -0.2) is 43.8 Å². The third-order valence-corrected chi connectivity index (χ3v) is 9.11. The van der Waals surface area contributed by atoms with E-state index in [1.807, 2.05) is 6.92 Å². The number of para-hydroxylation sites is 1. The number of carbonyl (C=O) groups is 2. The first kappa shape index (κ1) is 29.3.